The second-order valence-electron chi connectivity index (χ2n) is 6.64. The molecular weight excluding hydrogens is 316 g/mol. The molecule has 134 valence electrons. The minimum atomic E-state index is -0.780. The number of nitrogens with one attached hydrogen (secondary N) is 1. The molecule has 25 heavy (non-hydrogen) atoms. The van der Waals surface area contributed by atoms with Crippen LogP contribution in [0.25, 0.3) is 0 Å². The van der Waals surface area contributed by atoms with Gasteiger partial charge in [0.25, 0.3) is 0 Å². The molecule has 2 unspecified atom stereocenters. The SMILES string of the molecule is Cc1ccc(C(CNC(=O)CC(O)c2ccccc2)N2CCCC2)o1. The van der Waals surface area contributed by atoms with Crippen LogP contribution in [-0.4, -0.2) is 35.5 Å². The van der Waals surface area contributed by atoms with Crippen LogP contribution in [0.3, 0.4) is 0 Å². The Bertz CT molecular complexity index is 677. The van der Waals surface area contributed by atoms with Gasteiger partial charge in [-0.05, 0) is 50.6 Å². The summed E-state index contributed by atoms with van der Waals surface area (Å²) in [6, 6.07) is 13.3. The van der Waals surface area contributed by atoms with Crippen molar-refractivity contribution in [3.05, 3.63) is 59.5 Å². The van der Waals surface area contributed by atoms with E-state index in [2.05, 4.69) is 10.2 Å². The van der Waals surface area contributed by atoms with Crippen molar-refractivity contribution in [3.8, 4) is 0 Å². The Morgan fingerprint density at radius 2 is 1.92 bits per heavy atom. The fourth-order valence-electron chi connectivity index (χ4n) is 3.35. The van der Waals surface area contributed by atoms with Gasteiger partial charge in [0, 0.05) is 6.54 Å². The maximum absolute atomic E-state index is 12.3. The van der Waals surface area contributed by atoms with Crippen LogP contribution < -0.4 is 5.32 Å². The summed E-state index contributed by atoms with van der Waals surface area (Å²) in [5.74, 6) is 1.62. The zero-order valence-corrected chi connectivity index (χ0v) is 14.6. The van der Waals surface area contributed by atoms with E-state index in [0.29, 0.717) is 6.54 Å². The van der Waals surface area contributed by atoms with Gasteiger partial charge in [-0.3, -0.25) is 9.69 Å². The normalized spacial score (nSPS) is 17.4. The summed E-state index contributed by atoms with van der Waals surface area (Å²) in [5, 5.41) is 13.2. The first-order valence-electron chi connectivity index (χ1n) is 8.93. The summed E-state index contributed by atoms with van der Waals surface area (Å²) >= 11 is 0. The van der Waals surface area contributed by atoms with Crippen molar-refractivity contribution in [2.45, 2.75) is 38.3 Å². The molecule has 1 saturated heterocycles. The first-order chi connectivity index (χ1) is 12.1. The van der Waals surface area contributed by atoms with Gasteiger partial charge >= 0.3 is 0 Å². The lowest BCUT2D eigenvalue weighted by atomic mass is 10.1. The minimum Gasteiger partial charge on any atom is -0.465 e. The van der Waals surface area contributed by atoms with Crippen LogP contribution in [0.4, 0.5) is 0 Å². The molecule has 0 saturated carbocycles. The Labute approximate surface area is 148 Å². The fourth-order valence-corrected chi connectivity index (χ4v) is 3.35. The van der Waals surface area contributed by atoms with Gasteiger partial charge in [0.1, 0.15) is 11.5 Å². The lowest BCUT2D eigenvalue weighted by Crippen LogP contribution is -2.37. The number of aliphatic hydroxyl groups is 1. The molecule has 1 aromatic heterocycles. The highest BCUT2D eigenvalue weighted by Gasteiger charge is 2.26. The molecule has 2 N–H and O–H groups in total. The number of hydrogen-bond donors (Lipinski definition) is 2. The topological polar surface area (TPSA) is 65.7 Å². The molecule has 1 aliphatic rings. The number of nitrogens with zero attached hydrogens (tertiary/aromatic N) is 1. The number of benzene rings is 1. The third kappa shape index (κ3) is 4.71. The van der Waals surface area contributed by atoms with E-state index in [4.69, 9.17) is 4.42 Å². The Morgan fingerprint density at radius 1 is 1.20 bits per heavy atom. The van der Waals surface area contributed by atoms with Gasteiger partial charge in [-0.2, -0.15) is 0 Å². The number of carbonyl (C=O) groups excluding carboxylic acids is 1. The number of aliphatic hydroxyl groups excluding tert-OH is 1. The van der Waals surface area contributed by atoms with Crippen LogP contribution in [0.2, 0.25) is 0 Å². The van der Waals surface area contributed by atoms with E-state index in [0.717, 1.165) is 30.2 Å². The maximum Gasteiger partial charge on any atom is 0.223 e. The number of furan rings is 1. The Hall–Kier alpha value is -2.11. The predicted octanol–water partition coefficient (Wildman–Crippen LogP) is 2.96. The lowest BCUT2D eigenvalue weighted by molar-refractivity contribution is -0.123. The monoisotopic (exact) mass is 342 g/mol. The third-order valence-electron chi connectivity index (χ3n) is 4.73. The van der Waals surface area contributed by atoms with Crippen molar-refractivity contribution >= 4 is 5.91 Å². The lowest BCUT2D eigenvalue weighted by Gasteiger charge is -2.26. The van der Waals surface area contributed by atoms with Crippen LogP contribution in [-0.2, 0) is 4.79 Å². The second-order valence-corrected chi connectivity index (χ2v) is 6.64. The van der Waals surface area contributed by atoms with Crippen LogP contribution in [0.15, 0.2) is 46.9 Å². The van der Waals surface area contributed by atoms with Crippen molar-refractivity contribution in [2.75, 3.05) is 19.6 Å². The summed E-state index contributed by atoms with van der Waals surface area (Å²) in [7, 11) is 0. The molecule has 0 radical (unpaired) electrons. The van der Waals surface area contributed by atoms with E-state index in [1.165, 1.54) is 12.8 Å². The molecule has 0 aliphatic carbocycles. The molecule has 1 aromatic carbocycles. The minimum absolute atomic E-state index is 0.0500. The Kier molecular flexibility index (Phi) is 5.89. The Balaban J connectivity index is 1.58. The largest absolute Gasteiger partial charge is 0.465 e. The smallest absolute Gasteiger partial charge is 0.223 e. The summed E-state index contributed by atoms with van der Waals surface area (Å²) in [6.07, 6.45) is 1.64. The van der Waals surface area contributed by atoms with E-state index in [1.807, 2.05) is 49.4 Å². The molecule has 2 atom stereocenters. The summed E-state index contributed by atoms with van der Waals surface area (Å²) in [5.41, 5.74) is 0.760. The number of aryl methyl sites for hydroxylation is 1. The molecule has 1 fully saturated rings. The molecule has 1 aliphatic heterocycles. The van der Waals surface area contributed by atoms with Crippen LogP contribution in [0.5, 0.6) is 0 Å². The highest BCUT2D eigenvalue weighted by atomic mass is 16.3. The van der Waals surface area contributed by atoms with Gasteiger partial charge in [0.2, 0.25) is 5.91 Å². The first-order valence-corrected chi connectivity index (χ1v) is 8.93. The zero-order chi connectivity index (χ0) is 17.6. The molecule has 0 spiro atoms. The molecule has 5 heteroatoms. The summed E-state index contributed by atoms with van der Waals surface area (Å²) in [6.45, 7) is 4.46. The van der Waals surface area contributed by atoms with E-state index in [9.17, 15) is 9.90 Å². The molecule has 2 heterocycles. The van der Waals surface area contributed by atoms with E-state index in [1.54, 1.807) is 0 Å². The van der Waals surface area contributed by atoms with Gasteiger partial charge in [-0.15, -0.1) is 0 Å². The number of amides is 1. The number of likely N-dealkylation sites (tertiary alicyclic amines) is 1. The average molecular weight is 342 g/mol. The third-order valence-corrected chi connectivity index (χ3v) is 4.73. The average Bonchev–Trinajstić information content (AvgIpc) is 3.28. The first kappa shape index (κ1) is 17.7. The molecule has 3 rings (SSSR count). The standard InChI is InChI=1S/C20H26N2O3/c1-15-9-10-19(25-15)17(22-11-5-6-12-22)14-21-20(24)13-18(23)16-7-3-2-4-8-16/h2-4,7-10,17-18,23H,5-6,11-14H2,1H3,(H,21,24). The predicted molar refractivity (Wildman–Crippen MR) is 96.0 cm³/mol. The van der Waals surface area contributed by atoms with Gasteiger partial charge < -0.3 is 14.8 Å². The highest BCUT2D eigenvalue weighted by molar-refractivity contribution is 5.76. The van der Waals surface area contributed by atoms with E-state index in [-0.39, 0.29) is 18.4 Å². The summed E-state index contributed by atoms with van der Waals surface area (Å²) < 4.78 is 5.80. The maximum atomic E-state index is 12.3. The number of rotatable bonds is 7. The van der Waals surface area contributed by atoms with Crippen LogP contribution in [0.1, 0.15) is 48.5 Å². The molecule has 0 bridgehead atoms. The van der Waals surface area contributed by atoms with E-state index >= 15 is 0 Å². The zero-order valence-electron chi connectivity index (χ0n) is 14.6. The number of hydrogen-bond acceptors (Lipinski definition) is 4. The fraction of sp³-hybridized carbons (Fsp3) is 0.450. The van der Waals surface area contributed by atoms with Crippen molar-refractivity contribution in [3.63, 3.8) is 0 Å². The van der Waals surface area contributed by atoms with Gasteiger partial charge in [-0.1, -0.05) is 30.3 Å². The van der Waals surface area contributed by atoms with Crippen LogP contribution >= 0.6 is 0 Å². The van der Waals surface area contributed by atoms with Crippen molar-refractivity contribution in [2.24, 2.45) is 0 Å². The van der Waals surface area contributed by atoms with Gasteiger partial charge in [0.05, 0.1) is 18.6 Å². The van der Waals surface area contributed by atoms with Gasteiger partial charge in [0.15, 0.2) is 0 Å². The van der Waals surface area contributed by atoms with Crippen LogP contribution in [0, 0.1) is 6.92 Å². The highest BCUT2D eigenvalue weighted by Crippen LogP contribution is 2.26. The quantitative estimate of drug-likeness (QED) is 0.812. The molecule has 1 amide bonds. The van der Waals surface area contributed by atoms with Crippen molar-refractivity contribution < 1.29 is 14.3 Å². The summed E-state index contributed by atoms with van der Waals surface area (Å²) in [4.78, 5) is 14.6. The van der Waals surface area contributed by atoms with Gasteiger partial charge in [-0.25, -0.2) is 0 Å². The van der Waals surface area contributed by atoms with E-state index < -0.39 is 6.10 Å². The van der Waals surface area contributed by atoms with Crippen molar-refractivity contribution in [1.29, 1.82) is 0 Å². The molecule has 5 nitrogen and oxygen atoms in total. The second kappa shape index (κ2) is 8.32. The Morgan fingerprint density at radius 3 is 2.56 bits per heavy atom. The molecule has 2 aromatic rings. The number of carbonyl (C=O) groups is 1. The molecular formula is C20H26N2O3. The van der Waals surface area contributed by atoms with Crippen molar-refractivity contribution in [1.82, 2.24) is 10.2 Å².